The van der Waals surface area contributed by atoms with Crippen LogP contribution in [-0.2, 0) is 9.84 Å². The molecule has 0 atom stereocenters. The smallest absolute Gasteiger partial charge is 0.247 e. The van der Waals surface area contributed by atoms with Gasteiger partial charge < -0.3 is 5.32 Å². The normalized spacial score (nSPS) is 18.6. The van der Waals surface area contributed by atoms with E-state index >= 15 is 0 Å². The first-order valence-electron chi connectivity index (χ1n) is 5.35. The number of rotatable bonds is 2. The van der Waals surface area contributed by atoms with Gasteiger partial charge in [0, 0.05) is 11.9 Å². The molecular formula is C10H15N3O2S. The van der Waals surface area contributed by atoms with Gasteiger partial charge in [-0.05, 0) is 38.9 Å². The molecule has 1 saturated heterocycles. The van der Waals surface area contributed by atoms with Crippen LogP contribution in [0.5, 0.6) is 0 Å². The molecule has 2 heterocycles. The Morgan fingerprint density at radius 3 is 2.69 bits per heavy atom. The van der Waals surface area contributed by atoms with E-state index in [1.807, 2.05) is 0 Å². The first-order chi connectivity index (χ1) is 7.60. The van der Waals surface area contributed by atoms with Crippen molar-refractivity contribution in [1.29, 1.82) is 0 Å². The van der Waals surface area contributed by atoms with Crippen LogP contribution in [0.25, 0.3) is 0 Å². The molecule has 88 valence electrons. The van der Waals surface area contributed by atoms with Crippen molar-refractivity contribution in [3.05, 3.63) is 18.0 Å². The summed E-state index contributed by atoms with van der Waals surface area (Å²) in [5.41, 5.74) is 0.683. The van der Waals surface area contributed by atoms with Gasteiger partial charge in [-0.15, -0.1) is 0 Å². The van der Waals surface area contributed by atoms with Crippen molar-refractivity contribution in [1.82, 2.24) is 15.3 Å². The second-order valence-corrected chi connectivity index (χ2v) is 6.10. The minimum absolute atomic E-state index is 0.0283. The number of nitrogens with one attached hydrogen (secondary N) is 1. The van der Waals surface area contributed by atoms with Crippen LogP contribution in [0.2, 0.25) is 0 Å². The summed E-state index contributed by atoms with van der Waals surface area (Å²) < 4.78 is 24.4. The van der Waals surface area contributed by atoms with Crippen molar-refractivity contribution in [3.8, 4) is 0 Å². The average molecular weight is 241 g/mol. The molecule has 1 fully saturated rings. The summed E-state index contributed by atoms with van der Waals surface area (Å²) in [7, 11) is -3.35. The number of nitrogens with zero attached hydrogens (tertiary/aromatic N) is 2. The van der Waals surface area contributed by atoms with Crippen LogP contribution in [0.1, 0.15) is 18.5 Å². The maximum Gasteiger partial charge on any atom is 0.247 e. The Labute approximate surface area is 95.2 Å². The molecule has 6 heteroatoms. The summed E-state index contributed by atoms with van der Waals surface area (Å²) in [5, 5.41) is 2.78. The standard InChI is InChI=1S/C10H15N3O2S/c1-8-2-7-12-10(13-8)16(14,15)9-3-5-11-6-4-9/h2,7,9,11H,3-6H2,1H3. The number of piperidine rings is 1. The number of aromatic nitrogens is 2. The topological polar surface area (TPSA) is 72.0 Å². The molecule has 0 unspecified atom stereocenters. The first kappa shape index (κ1) is 11.5. The quantitative estimate of drug-likeness (QED) is 0.754. The minimum atomic E-state index is -3.35. The fourth-order valence-corrected chi connectivity index (χ4v) is 3.45. The van der Waals surface area contributed by atoms with Gasteiger partial charge in [0.2, 0.25) is 15.0 Å². The largest absolute Gasteiger partial charge is 0.317 e. The van der Waals surface area contributed by atoms with Crippen LogP contribution in [0.4, 0.5) is 0 Å². The Bertz CT molecular complexity index is 467. The molecule has 0 spiro atoms. The molecule has 0 aromatic carbocycles. The maximum absolute atomic E-state index is 12.2. The Hall–Kier alpha value is -1.01. The van der Waals surface area contributed by atoms with Crippen LogP contribution in [0.15, 0.2) is 17.4 Å². The molecule has 1 aliphatic rings. The second kappa shape index (κ2) is 4.47. The van der Waals surface area contributed by atoms with E-state index < -0.39 is 9.84 Å². The van der Waals surface area contributed by atoms with Crippen molar-refractivity contribution in [3.63, 3.8) is 0 Å². The molecule has 16 heavy (non-hydrogen) atoms. The zero-order valence-electron chi connectivity index (χ0n) is 9.18. The number of hydrogen-bond donors (Lipinski definition) is 1. The van der Waals surface area contributed by atoms with Gasteiger partial charge in [0.05, 0.1) is 5.25 Å². The summed E-state index contributed by atoms with van der Waals surface area (Å²) in [5.74, 6) is 0. The van der Waals surface area contributed by atoms with Crippen molar-refractivity contribution in [2.75, 3.05) is 13.1 Å². The van der Waals surface area contributed by atoms with E-state index in [4.69, 9.17) is 0 Å². The van der Waals surface area contributed by atoms with E-state index in [1.165, 1.54) is 6.20 Å². The molecule has 0 radical (unpaired) electrons. The van der Waals surface area contributed by atoms with Gasteiger partial charge in [-0.3, -0.25) is 0 Å². The van der Waals surface area contributed by atoms with Gasteiger partial charge in [-0.2, -0.15) is 0 Å². The zero-order chi connectivity index (χ0) is 11.6. The lowest BCUT2D eigenvalue weighted by Crippen LogP contribution is -2.36. The van der Waals surface area contributed by atoms with E-state index in [1.54, 1.807) is 13.0 Å². The molecule has 1 aromatic rings. The lowest BCUT2D eigenvalue weighted by Gasteiger charge is -2.21. The maximum atomic E-state index is 12.2. The predicted octanol–water partition coefficient (Wildman–Crippen LogP) is 0.311. The molecule has 0 saturated carbocycles. The van der Waals surface area contributed by atoms with Crippen molar-refractivity contribution >= 4 is 9.84 Å². The molecule has 1 aliphatic heterocycles. The molecular weight excluding hydrogens is 226 g/mol. The van der Waals surface area contributed by atoms with Gasteiger partial charge >= 0.3 is 0 Å². The fourth-order valence-electron chi connectivity index (χ4n) is 1.82. The summed E-state index contributed by atoms with van der Waals surface area (Å²) in [6, 6.07) is 1.70. The van der Waals surface area contributed by atoms with Gasteiger partial charge in [0.15, 0.2) is 0 Å². The Morgan fingerprint density at radius 1 is 1.38 bits per heavy atom. The highest BCUT2D eigenvalue weighted by atomic mass is 32.2. The van der Waals surface area contributed by atoms with Gasteiger partial charge in [0.1, 0.15) is 0 Å². The fraction of sp³-hybridized carbons (Fsp3) is 0.600. The molecule has 0 aliphatic carbocycles. The molecule has 5 nitrogen and oxygen atoms in total. The third-order valence-electron chi connectivity index (χ3n) is 2.75. The first-order valence-corrected chi connectivity index (χ1v) is 6.89. The average Bonchev–Trinajstić information content (AvgIpc) is 2.30. The third-order valence-corrected chi connectivity index (χ3v) is 4.81. The zero-order valence-corrected chi connectivity index (χ0v) is 10.00. The van der Waals surface area contributed by atoms with Gasteiger partial charge in [-0.1, -0.05) is 0 Å². The SMILES string of the molecule is Cc1ccnc(S(=O)(=O)C2CCNCC2)n1. The summed E-state index contributed by atoms with van der Waals surface area (Å²) in [6.07, 6.45) is 2.77. The van der Waals surface area contributed by atoms with Gasteiger partial charge in [-0.25, -0.2) is 18.4 Å². The summed E-state index contributed by atoms with van der Waals surface area (Å²) in [4.78, 5) is 7.87. The van der Waals surface area contributed by atoms with Crippen LogP contribution in [0, 0.1) is 6.92 Å². The van der Waals surface area contributed by atoms with Crippen molar-refractivity contribution in [2.45, 2.75) is 30.2 Å². The lowest BCUT2D eigenvalue weighted by atomic mass is 10.2. The summed E-state index contributed by atoms with van der Waals surface area (Å²) in [6.45, 7) is 3.26. The van der Waals surface area contributed by atoms with E-state index in [9.17, 15) is 8.42 Å². The van der Waals surface area contributed by atoms with Crippen molar-refractivity contribution < 1.29 is 8.42 Å². The van der Waals surface area contributed by atoms with Crippen LogP contribution in [-0.4, -0.2) is 36.7 Å². The van der Waals surface area contributed by atoms with E-state index in [2.05, 4.69) is 15.3 Å². The van der Waals surface area contributed by atoms with E-state index in [0.29, 0.717) is 18.5 Å². The molecule has 0 bridgehead atoms. The molecule has 0 amide bonds. The monoisotopic (exact) mass is 241 g/mol. The highest BCUT2D eigenvalue weighted by molar-refractivity contribution is 7.91. The van der Waals surface area contributed by atoms with Crippen molar-refractivity contribution in [2.24, 2.45) is 0 Å². The Balaban J connectivity index is 2.30. The van der Waals surface area contributed by atoms with Crippen LogP contribution >= 0.6 is 0 Å². The van der Waals surface area contributed by atoms with E-state index in [0.717, 1.165) is 13.1 Å². The van der Waals surface area contributed by atoms with Gasteiger partial charge in [0.25, 0.3) is 0 Å². The van der Waals surface area contributed by atoms with Crippen LogP contribution in [0.3, 0.4) is 0 Å². The molecule has 1 N–H and O–H groups in total. The number of aryl methyl sites for hydroxylation is 1. The Kier molecular flexibility index (Phi) is 3.20. The highest BCUT2D eigenvalue weighted by Crippen LogP contribution is 2.19. The minimum Gasteiger partial charge on any atom is -0.317 e. The second-order valence-electron chi connectivity index (χ2n) is 3.97. The Morgan fingerprint density at radius 2 is 2.06 bits per heavy atom. The highest BCUT2D eigenvalue weighted by Gasteiger charge is 2.31. The van der Waals surface area contributed by atoms with Crippen LogP contribution < -0.4 is 5.32 Å². The third kappa shape index (κ3) is 2.22. The lowest BCUT2D eigenvalue weighted by molar-refractivity contribution is 0.492. The predicted molar refractivity (Wildman–Crippen MR) is 59.8 cm³/mol. The number of hydrogen-bond acceptors (Lipinski definition) is 5. The van der Waals surface area contributed by atoms with E-state index in [-0.39, 0.29) is 10.4 Å². The number of sulfone groups is 1. The summed E-state index contributed by atoms with van der Waals surface area (Å²) >= 11 is 0. The molecule has 2 rings (SSSR count). The molecule has 1 aromatic heterocycles.